The fourth-order valence-electron chi connectivity index (χ4n) is 3.71. The topological polar surface area (TPSA) is 77.0 Å². The number of nitrogens with two attached hydrogens (primary N) is 1. The molecule has 3 heterocycles. The van der Waals surface area contributed by atoms with Gasteiger partial charge in [0.05, 0.1) is 22.8 Å². The molecule has 4 rings (SSSR count). The summed E-state index contributed by atoms with van der Waals surface area (Å²) in [6.07, 6.45) is 2.60. The highest BCUT2D eigenvalue weighted by Gasteiger charge is 2.27. The molecular formula is C21H27Cl2N5O. The summed E-state index contributed by atoms with van der Waals surface area (Å²) in [4.78, 5) is 20.0. The standard InChI is InChI=1S/C21H25N5O.2ClH/c1-13(2)26-20-18(11-23-26)17(21(27)25-9-8-15(22)12-25)10-19(24-20)16-7-5-4-6-14(16)3;;/h4-7,10-11,13,15H,8-9,12,22H2,1-3H3;2*1H/t15-;;/m1../s1. The SMILES string of the molecule is Cc1ccccc1-c1cc(C(=O)N2CC[C@@H](N)C2)c2cnn(C(C)C)c2n1.Cl.Cl. The molecule has 0 radical (unpaired) electrons. The number of hydrogen-bond donors (Lipinski definition) is 1. The summed E-state index contributed by atoms with van der Waals surface area (Å²) in [5, 5.41) is 5.29. The van der Waals surface area contributed by atoms with E-state index in [1.54, 1.807) is 6.20 Å². The number of aryl methyl sites for hydroxylation is 1. The van der Waals surface area contributed by atoms with Crippen LogP contribution in [0, 0.1) is 6.92 Å². The Balaban J connectivity index is 0.00000150. The van der Waals surface area contributed by atoms with Gasteiger partial charge in [0, 0.05) is 30.7 Å². The molecule has 29 heavy (non-hydrogen) atoms. The highest BCUT2D eigenvalue weighted by molar-refractivity contribution is 6.06. The van der Waals surface area contributed by atoms with Crippen LogP contribution in [0.3, 0.4) is 0 Å². The lowest BCUT2D eigenvalue weighted by Gasteiger charge is -2.17. The molecule has 0 bridgehead atoms. The molecular weight excluding hydrogens is 409 g/mol. The van der Waals surface area contributed by atoms with Gasteiger partial charge in [-0.05, 0) is 38.8 Å². The fraction of sp³-hybridized carbons (Fsp3) is 0.381. The molecule has 8 heteroatoms. The lowest BCUT2D eigenvalue weighted by Crippen LogP contribution is -2.32. The Morgan fingerprint density at radius 1 is 1.24 bits per heavy atom. The van der Waals surface area contributed by atoms with Gasteiger partial charge in [-0.2, -0.15) is 5.10 Å². The molecule has 6 nitrogen and oxygen atoms in total. The van der Waals surface area contributed by atoms with E-state index in [-0.39, 0.29) is 42.8 Å². The summed E-state index contributed by atoms with van der Waals surface area (Å²) in [6.45, 7) is 7.48. The Hall–Kier alpha value is -2.15. The number of halogens is 2. The van der Waals surface area contributed by atoms with Gasteiger partial charge in [-0.1, -0.05) is 24.3 Å². The Morgan fingerprint density at radius 3 is 2.59 bits per heavy atom. The average molecular weight is 436 g/mol. The quantitative estimate of drug-likeness (QED) is 0.673. The van der Waals surface area contributed by atoms with E-state index >= 15 is 0 Å². The van der Waals surface area contributed by atoms with E-state index in [1.165, 1.54) is 0 Å². The van der Waals surface area contributed by atoms with Gasteiger partial charge in [-0.15, -0.1) is 24.8 Å². The van der Waals surface area contributed by atoms with Crippen LogP contribution in [-0.2, 0) is 0 Å². The van der Waals surface area contributed by atoms with Gasteiger partial charge in [-0.25, -0.2) is 9.67 Å². The molecule has 1 aromatic carbocycles. The van der Waals surface area contributed by atoms with E-state index in [0.29, 0.717) is 18.7 Å². The zero-order valence-electron chi connectivity index (χ0n) is 16.8. The van der Waals surface area contributed by atoms with Crippen LogP contribution in [0.25, 0.3) is 22.3 Å². The van der Waals surface area contributed by atoms with E-state index in [9.17, 15) is 4.79 Å². The second kappa shape index (κ2) is 9.11. The van der Waals surface area contributed by atoms with Crippen LogP contribution in [0.1, 0.15) is 42.2 Å². The maximum Gasteiger partial charge on any atom is 0.254 e. The second-order valence-electron chi connectivity index (χ2n) is 7.59. The predicted octanol–water partition coefficient (Wildman–Crippen LogP) is 4.00. The molecule has 2 aromatic heterocycles. The van der Waals surface area contributed by atoms with E-state index in [1.807, 2.05) is 33.8 Å². The molecule has 0 spiro atoms. The number of rotatable bonds is 3. The van der Waals surface area contributed by atoms with Crippen molar-refractivity contribution >= 4 is 41.8 Å². The lowest BCUT2D eigenvalue weighted by molar-refractivity contribution is 0.0793. The highest BCUT2D eigenvalue weighted by atomic mass is 35.5. The molecule has 0 saturated carbocycles. The number of likely N-dealkylation sites (tertiary alicyclic amines) is 1. The smallest absolute Gasteiger partial charge is 0.254 e. The number of benzene rings is 1. The van der Waals surface area contributed by atoms with Gasteiger partial charge in [0.2, 0.25) is 0 Å². The number of nitrogens with zero attached hydrogens (tertiary/aromatic N) is 4. The maximum absolute atomic E-state index is 13.3. The van der Waals surface area contributed by atoms with Crippen molar-refractivity contribution in [2.75, 3.05) is 13.1 Å². The first kappa shape index (κ1) is 23.1. The molecule has 0 unspecified atom stereocenters. The van der Waals surface area contributed by atoms with Crippen LogP contribution in [0.2, 0.25) is 0 Å². The van der Waals surface area contributed by atoms with Crippen LogP contribution >= 0.6 is 24.8 Å². The Morgan fingerprint density at radius 2 is 1.97 bits per heavy atom. The highest BCUT2D eigenvalue weighted by Crippen LogP contribution is 2.29. The van der Waals surface area contributed by atoms with E-state index in [2.05, 4.69) is 31.9 Å². The zero-order valence-corrected chi connectivity index (χ0v) is 18.5. The van der Waals surface area contributed by atoms with Crippen molar-refractivity contribution in [2.45, 2.75) is 39.3 Å². The first-order valence-electron chi connectivity index (χ1n) is 9.45. The zero-order chi connectivity index (χ0) is 19.1. The van der Waals surface area contributed by atoms with Crippen molar-refractivity contribution in [3.8, 4) is 11.3 Å². The van der Waals surface area contributed by atoms with Crippen molar-refractivity contribution in [1.29, 1.82) is 0 Å². The second-order valence-corrected chi connectivity index (χ2v) is 7.59. The number of amides is 1. The van der Waals surface area contributed by atoms with Crippen LogP contribution in [0.5, 0.6) is 0 Å². The van der Waals surface area contributed by atoms with Gasteiger partial charge < -0.3 is 10.6 Å². The van der Waals surface area contributed by atoms with Crippen molar-refractivity contribution in [3.05, 3.63) is 47.7 Å². The third-order valence-electron chi connectivity index (χ3n) is 5.22. The Labute approximate surface area is 183 Å². The van der Waals surface area contributed by atoms with Crippen LogP contribution in [0.4, 0.5) is 0 Å². The number of carbonyl (C=O) groups is 1. The van der Waals surface area contributed by atoms with Crippen molar-refractivity contribution in [1.82, 2.24) is 19.7 Å². The van der Waals surface area contributed by atoms with Gasteiger partial charge in [0.25, 0.3) is 5.91 Å². The Kier molecular flexibility index (Phi) is 7.27. The normalized spacial score (nSPS) is 16.0. The molecule has 1 aliphatic rings. The molecule has 3 aromatic rings. The van der Waals surface area contributed by atoms with Gasteiger partial charge in [0.15, 0.2) is 5.65 Å². The molecule has 2 N–H and O–H groups in total. The lowest BCUT2D eigenvalue weighted by atomic mass is 10.0. The fourth-order valence-corrected chi connectivity index (χ4v) is 3.71. The van der Waals surface area contributed by atoms with Crippen molar-refractivity contribution in [3.63, 3.8) is 0 Å². The monoisotopic (exact) mass is 435 g/mol. The van der Waals surface area contributed by atoms with E-state index < -0.39 is 0 Å². The van der Waals surface area contributed by atoms with E-state index in [0.717, 1.165) is 34.3 Å². The molecule has 1 atom stereocenters. The summed E-state index contributed by atoms with van der Waals surface area (Å²) >= 11 is 0. The summed E-state index contributed by atoms with van der Waals surface area (Å²) in [5.41, 5.74) is 10.4. The van der Waals surface area contributed by atoms with Gasteiger partial charge >= 0.3 is 0 Å². The number of carbonyl (C=O) groups excluding carboxylic acids is 1. The van der Waals surface area contributed by atoms with Crippen LogP contribution in [0.15, 0.2) is 36.5 Å². The summed E-state index contributed by atoms with van der Waals surface area (Å²) < 4.78 is 1.88. The molecule has 1 saturated heterocycles. The largest absolute Gasteiger partial charge is 0.337 e. The summed E-state index contributed by atoms with van der Waals surface area (Å²) in [5.74, 6) is 0.00786. The minimum absolute atomic E-state index is 0. The van der Waals surface area contributed by atoms with Crippen molar-refractivity contribution < 1.29 is 4.79 Å². The predicted molar refractivity (Wildman–Crippen MR) is 121 cm³/mol. The molecule has 1 fully saturated rings. The molecule has 0 aliphatic carbocycles. The van der Waals surface area contributed by atoms with Gasteiger partial charge in [-0.3, -0.25) is 4.79 Å². The molecule has 1 amide bonds. The third kappa shape index (κ3) is 4.25. The number of aromatic nitrogens is 3. The first-order valence-corrected chi connectivity index (χ1v) is 9.45. The summed E-state index contributed by atoms with van der Waals surface area (Å²) in [6, 6.07) is 10.2. The first-order chi connectivity index (χ1) is 13.0. The molecule has 156 valence electrons. The minimum atomic E-state index is 0. The third-order valence-corrected chi connectivity index (χ3v) is 5.22. The van der Waals surface area contributed by atoms with Crippen LogP contribution < -0.4 is 5.73 Å². The van der Waals surface area contributed by atoms with Crippen molar-refractivity contribution in [2.24, 2.45) is 5.73 Å². The molecule has 1 aliphatic heterocycles. The van der Waals surface area contributed by atoms with Gasteiger partial charge in [0.1, 0.15) is 0 Å². The number of fused-ring (bicyclic) bond motifs is 1. The number of hydrogen-bond acceptors (Lipinski definition) is 4. The maximum atomic E-state index is 13.3. The number of pyridine rings is 1. The van der Waals surface area contributed by atoms with Crippen LogP contribution in [-0.4, -0.2) is 44.7 Å². The summed E-state index contributed by atoms with van der Waals surface area (Å²) in [7, 11) is 0. The minimum Gasteiger partial charge on any atom is -0.337 e. The average Bonchev–Trinajstić information content (AvgIpc) is 3.27. The van der Waals surface area contributed by atoms with E-state index in [4.69, 9.17) is 10.7 Å². The Bertz CT molecular complexity index is 1020.